The minimum absolute atomic E-state index is 0.257. The third-order valence-electron chi connectivity index (χ3n) is 2.99. The van der Waals surface area contributed by atoms with Gasteiger partial charge in [-0.15, -0.1) is 0 Å². The molecule has 0 saturated carbocycles. The summed E-state index contributed by atoms with van der Waals surface area (Å²) in [4.78, 5) is 2.41. The smallest absolute Gasteiger partial charge is 0.108 e. The van der Waals surface area contributed by atoms with Crippen LogP contribution in [0.4, 0.5) is 0 Å². The molecule has 1 atom stereocenters. The van der Waals surface area contributed by atoms with Gasteiger partial charge >= 0.3 is 0 Å². The first kappa shape index (κ1) is 10.7. The third-order valence-corrected chi connectivity index (χ3v) is 2.99. The molecule has 15 heavy (non-hydrogen) atoms. The van der Waals surface area contributed by atoms with Crippen LogP contribution < -0.4 is 0 Å². The first-order valence-corrected chi connectivity index (χ1v) is 5.76. The third kappa shape index (κ3) is 3.05. The maximum absolute atomic E-state index is 5.84. The summed E-state index contributed by atoms with van der Waals surface area (Å²) in [5, 5.41) is 0. The highest BCUT2D eigenvalue weighted by Gasteiger charge is 2.17. The molecule has 1 aliphatic heterocycles. The van der Waals surface area contributed by atoms with E-state index in [1.807, 2.05) is 6.07 Å². The Morgan fingerprint density at radius 2 is 1.87 bits per heavy atom. The molecule has 2 heteroatoms. The van der Waals surface area contributed by atoms with E-state index in [0.717, 1.165) is 6.61 Å². The molecule has 1 unspecified atom stereocenters. The van der Waals surface area contributed by atoms with Crippen molar-refractivity contribution in [2.75, 3.05) is 13.1 Å². The van der Waals surface area contributed by atoms with Crippen molar-refractivity contribution < 1.29 is 4.74 Å². The average Bonchev–Trinajstić information content (AvgIpc) is 2.81. The van der Waals surface area contributed by atoms with Gasteiger partial charge in [-0.05, 0) is 25.3 Å². The van der Waals surface area contributed by atoms with Gasteiger partial charge in [0.2, 0.25) is 0 Å². The predicted molar refractivity (Wildman–Crippen MR) is 61.5 cm³/mol. The molecular formula is C13H19NO. The van der Waals surface area contributed by atoms with Crippen LogP contribution in [-0.4, -0.2) is 24.2 Å². The molecule has 0 N–H and O–H groups in total. The summed E-state index contributed by atoms with van der Waals surface area (Å²) < 4.78 is 5.84. The summed E-state index contributed by atoms with van der Waals surface area (Å²) in [5.74, 6) is 0. The van der Waals surface area contributed by atoms with Crippen molar-refractivity contribution >= 4 is 0 Å². The Balaban J connectivity index is 1.77. The Hall–Kier alpha value is -0.860. The van der Waals surface area contributed by atoms with Crippen LogP contribution in [0.3, 0.4) is 0 Å². The molecule has 1 saturated heterocycles. The number of ether oxygens (including phenoxy) is 1. The molecular weight excluding hydrogens is 186 g/mol. The zero-order valence-corrected chi connectivity index (χ0v) is 9.36. The molecule has 2 rings (SSSR count). The molecule has 0 radical (unpaired) electrons. The van der Waals surface area contributed by atoms with E-state index in [0.29, 0.717) is 0 Å². The van der Waals surface area contributed by atoms with Crippen molar-refractivity contribution in [1.29, 1.82) is 0 Å². The molecule has 2 nitrogen and oxygen atoms in total. The summed E-state index contributed by atoms with van der Waals surface area (Å²) in [5.41, 5.74) is 1.25. The van der Waals surface area contributed by atoms with Crippen molar-refractivity contribution in [2.45, 2.75) is 32.6 Å². The molecule has 1 aromatic carbocycles. The van der Waals surface area contributed by atoms with Crippen LogP contribution in [0.2, 0.25) is 0 Å². The Kier molecular flexibility index (Phi) is 3.75. The number of hydrogen-bond donors (Lipinski definition) is 0. The van der Waals surface area contributed by atoms with Gasteiger partial charge < -0.3 is 4.74 Å². The maximum Gasteiger partial charge on any atom is 0.108 e. The van der Waals surface area contributed by atoms with Crippen molar-refractivity contribution in [3.63, 3.8) is 0 Å². The first-order chi connectivity index (χ1) is 7.36. The van der Waals surface area contributed by atoms with Gasteiger partial charge in [0.15, 0.2) is 0 Å². The van der Waals surface area contributed by atoms with Gasteiger partial charge in [-0.2, -0.15) is 0 Å². The largest absolute Gasteiger partial charge is 0.359 e. The van der Waals surface area contributed by atoms with Gasteiger partial charge in [-0.25, -0.2) is 0 Å². The zero-order valence-electron chi connectivity index (χ0n) is 9.36. The molecule has 1 fully saturated rings. The maximum atomic E-state index is 5.84. The lowest BCUT2D eigenvalue weighted by molar-refractivity contribution is -0.0458. The van der Waals surface area contributed by atoms with E-state index in [2.05, 4.69) is 36.1 Å². The number of nitrogens with zero attached hydrogens (tertiary/aromatic N) is 1. The second-order valence-corrected chi connectivity index (χ2v) is 4.14. The second kappa shape index (κ2) is 5.29. The lowest BCUT2D eigenvalue weighted by Gasteiger charge is -2.23. The van der Waals surface area contributed by atoms with Gasteiger partial charge in [0.1, 0.15) is 6.23 Å². The van der Waals surface area contributed by atoms with Crippen molar-refractivity contribution in [1.82, 2.24) is 4.90 Å². The highest BCUT2D eigenvalue weighted by molar-refractivity contribution is 5.13. The number of benzene rings is 1. The van der Waals surface area contributed by atoms with Gasteiger partial charge in [0, 0.05) is 13.1 Å². The monoisotopic (exact) mass is 205 g/mol. The highest BCUT2D eigenvalue weighted by atomic mass is 16.5. The molecule has 1 aromatic rings. The summed E-state index contributed by atoms with van der Waals surface area (Å²) in [7, 11) is 0. The van der Waals surface area contributed by atoms with Gasteiger partial charge in [0.25, 0.3) is 0 Å². The summed E-state index contributed by atoms with van der Waals surface area (Å²) >= 11 is 0. The van der Waals surface area contributed by atoms with Crippen molar-refractivity contribution in [3.05, 3.63) is 35.9 Å². The van der Waals surface area contributed by atoms with Crippen LogP contribution in [0.15, 0.2) is 30.3 Å². The van der Waals surface area contributed by atoms with E-state index in [-0.39, 0.29) is 6.23 Å². The molecule has 0 spiro atoms. The molecule has 0 aromatic heterocycles. The minimum Gasteiger partial charge on any atom is -0.359 e. The van der Waals surface area contributed by atoms with Crippen molar-refractivity contribution in [2.24, 2.45) is 0 Å². The van der Waals surface area contributed by atoms with E-state index in [4.69, 9.17) is 4.74 Å². The fraction of sp³-hybridized carbons (Fsp3) is 0.538. The summed E-state index contributed by atoms with van der Waals surface area (Å²) in [6.07, 6.45) is 2.89. The summed E-state index contributed by atoms with van der Waals surface area (Å²) in [6, 6.07) is 10.4. The molecule has 0 bridgehead atoms. The molecule has 0 aliphatic carbocycles. The van der Waals surface area contributed by atoms with Gasteiger partial charge in [0.05, 0.1) is 6.61 Å². The van der Waals surface area contributed by atoms with E-state index in [9.17, 15) is 0 Å². The zero-order chi connectivity index (χ0) is 10.5. The van der Waals surface area contributed by atoms with Crippen LogP contribution in [0.5, 0.6) is 0 Å². The molecule has 1 aliphatic rings. The Bertz CT molecular complexity index is 280. The Labute approximate surface area is 91.9 Å². The normalized spacial score (nSPS) is 19.3. The van der Waals surface area contributed by atoms with Gasteiger partial charge in [-0.1, -0.05) is 30.3 Å². The quantitative estimate of drug-likeness (QED) is 0.749. The van der Waals surface area contributed by atoms with E-state index >= 15 is 0 Å². The average molecular weight is 205 g/mol. The molecule has 82 valence electrons. The molecule has 0 amide bonds. The van der Waals surface area contributed by atoms with E-state index in [1.165, 1.54) is 31.5 Å². The number of likely N-dealkylation sites (tertiary alicyclic amines) is 1. The van der Waals surface area contributed by atoms with Crippen LogP contribution in [0.1, 0.15) is 25.3 Å². The lowest BCUT2D eigenvalue weighted by Crippen LogP contribution is -2.32. The van der Waals surface area contributed by atoms with Crippen molar-refractivity contribution in [3.8, 4) is 0 Å². The van der Waals surface area contributed by atoms with Crippen LogP contribution in [0, 0.1) is 0 Å². The Morgan fingerprint density at radius 3 is 2.53 bits per heavy atom. The topological polar surface area (TPSA) is 12.5 Å². The van der Waals surface area contributed by atoms with Gasteiger partial charge in [-0.3, -0.25) is 4.90 Å². The Morgan fingerprint density at radius 1 is 1.20 bits per heavy atom. The first-order valence-electron chi connectivity index (χ1n) is 5.76. The highest BCUT2D eigenvalue weighted by Crippen LogP contribution is 2.13. The number of hydrogen-bond acceptors (Lipinski definition) is 2. The number of rotatable bonds is 4. The van der Waals surface area contributed by atoms with Crippen LogP contribution in [0.25, 0.3) is 0 Å². The van der Waals surface area contributed by atoms with E-state index in [1.54, 1.807) is 0 Å². The van der Waals surface area contributed by atoms with Crippen LogP contribution in [-0.2, 0) is 11.3 Å². The fourth-order valence-electron chi connectivity index (χ4n) is 2.00. The van der Waals surface area contributed by atoms with E-state index < -0.39 is 0 Å². The summed E-state index contributed by atoms with van der Waals surface area (Å²) in [6.45, 7) is 5.25. The second-order valence-electron chi connectivity index (χ2n) is 4.14. The fourth-order valence-corrected chi connectivity index (χ4v) is 2.00. The molecule has 1 heterocycles. The standard InChI is InChI=1S/C13H19NO/c1-12(14-9-5-6-10-14)15-11-13-7-3-2-4-8-13/h2-4,7-8,12H,5-6,9-11H2,1H3. The SMILES string of the molecule is CC(OCc1ccccc1)N1CCCC1. The van der Waals surface area contributed by atoms with Crippen LogP contribution >= 0.6 is 0 Å². The predicted octanol–water partition coefficient (Wildman–Crippen LogP) is 2.65. The lowest BCUT2D eigenvalue weighted by atomic mass is 10.2. The minimum atomic E-state index is 0.257.